The molecule has 0 saturated carbocycles. The number of halogens is 3. The Kier molecular flexibility index (Phi) is 7.50. The lowest BCUT2D eigenvalue weighted by Crippen LogP contribution is -2.50. The van der Waals surface area contributed by atoms with E-state index in [2.05, 4.69) is 11.8 Å². The molecule has 0 unspecified atom stereocenters. The van der Waals surface area contributed by atoms with E-state index in [0.29, 0.717) is 41.1 Å². The van der Waals surface area contributed by atoms with Crippen LogP contribution in [-0.2, 0) is 4.79 Å². The third-order valence-electron chi connectivity index (χ3n) is 5.20. The molecular weight excluding hydrogens is 415 g/mol. The Bertz CT molecular complexity index is 810. The summed E-state index contributed by atoms with van der Waals surface area (Å²) in [5, 5.41) is 1.93. The van der Waals surface area contributed by atoms with Crippen LogP contribution in [0.25, 0.3) is 0 Å². The van der Waals surface area contributed by atoms with Gasteiger partial charge in [-0.05, 0) is 42.3 Å². The molecule has 1 fully saturated rings. The SMILES string of the molecule is CCCCCC(=O)N1CCN(c2ccc(Cl)cc2Cl)[C@H](c2ccc(Cl)cc2)C1. The van der Waals surface area contributed by atoms with Crippen LogP contribution >= 0.6 is 34.8 Å². The van der Waals surface area contributed by atoms with Crippen molar-refractivity contribution in [1.29, 1.82) is 0 Å². The highest BCUT2D eigenvalue weighted by atomic mass is 35.5. The molecule has 0 radical (unpaired) electrons. The van der Waals surface area contributed by atoms with Crippen molar-refractivity contribution in [2.45, 2.75) is 38.6 Å². The Morgan fingerprint density at radius 3 is 2.39 bits per heavy atom. The maximum absolute atomic E-state index is 12.7. The van der Waals surface area contributed by atoms with E-state index in [1.807, 2.05) is 41.3 Å². The van der Waals surface area contributed by atoms with Crippen molar-refractivity contribution in [1.82, 2.24) is 4.90 Å². The molecule has 150 valence electrons. The van der Waals surface area contributed by atoms with Crippen LogP contribution in [0.3, 0.4) is 0 Å². The average Bonchev–Trinajstić information content (AvgIpc) is 2.68. The number of benzene rings is 2. The van der Waals surface area contributed by atoms with E-state index >= 15 is 0 Å². The number of unbranched alkanes of at least 4 members (excludes halogenated alkanes) is 2. The summed E-state index contributed by atoms with van der Waals surface area (Å²) in [6.07, 6.45) is 3.77. The van der Waals surface area contributed by atoms with Gasteiger partial charge in [0.2, 0.25) is 5.91 Å². The summed E-state index contributed by atoms with van der Waals surface area (Å²) in [4.78, 5) is 16.9. The molecule has 0 spiro atoms. The fourth-order valence-corrected chi connectivity index (χ4v) is 4.31. The molecule has 1 amide bonds. The van der Waals surface area contributed by atoms with E-state index in [1.165, 1.54) is 0 Å². The first kappa shape index (κ1) is 21.3. The van der Waals surface area contributed by atoms with Crippen molar-refractivity contribution in [2.75, 3.05) is 24.5 Å². The summed E-state index contributed by atoms with van der Waals surface area (Å²) < 4.78 is 0. The summed E-state index contributed by atoms with van der Waals surface area (Å²) in [7, 11) is 0. The highest BCUT2D eigenvalue weighted by Crippen LogP contribution is 2.37. The van der Waals surface area contributed by atoms with E-state index in [-0.39, 0.29) is 11.9 Å². The van der Waals surface area contributed by atoms with Gasteiger partial charge in [0, 0.05) is 36.1 Å². The molecule has 6 heteroatoms. The molecule has 0 bridgehead atoms. The Balaban J connectivity index is 1.85. The normalized spacial score (nSPS) is 17.1. The number of hydrogen-bond acceptors (Lipinski definition) is 2. The molecule has 0 aromatic heterocycles. The monoisotopic (exact) mass is 438 g/mol. The molecule has 3 nitrogen and oxygen atoms in total. The van der Waals surface area contributed by atoms with Gasteiger partial charge in [-0.3, -0.25) is 4.79 Å². The smallest absolute Gasteiger partial charge is 0.222 e. The number of nitrogens with zero attached hydrogens (tertiary/aromatic N) is 2. The molecule has 2 aromatic carbocycles. The van der Waals surface area contributed by atoms with Crippen molar-refractivity contribution < 1.29 is 4.79 Å². The maximum Gasteiger partial charge on any atom is 0.222 e. The number of anilines is 1. The lowest BCUT2D eigenvalue weighted by Gasteiger charge is -2.43. The zero-order valence-electron chi connectivity index (χ0n) is 16.0. The van der Waals surface area contributed by atoms with Gasteiger partial charge in [0.05, 0.1) is 16.8 Å². The molecule has 1 heterocycles. The van der Waals surface area contributed by atoms with Crippen LogP contribution in [0.2, 0.25) is 15.1 Å². The van der Waals surface area contributed by atoms with Gasteiger partial charge in [0.15, 0.2) is 0 Å². The molecule has 28 heavy (non-hydrogen) atoms. The molecule has 3 rings (SSSR count). The summed E-state index contributed by atoms with van der Waals surface area (Å²) in [6.45, 7) is 4.18. The summed E-state index contributed by atoms with van der Waals surface area (Å²) in [6, 6.07) is 13.4. The minimum atomic E-state index is 0.0137. The Labute approximate surface area is 182 Å². The Morgan fingerprint density at radius 1 is 1.00 bits per heavy atom. The molecular formula is C22H25Cl3N2O. The van der Waals surface area contributed by atoms with Crippen LogP contribution in [0.1, 0.15) is 44.2 Å². The van der Waals surface area contributed by atoms with Gasteiger partial charge in [-0.1, -0.05) is 66.7 Å². The number of carbonyl (C=O) groups is 1. The minimum Gasteiger partial charge on any atom is -0.360 e. The van der Waals surface area contributed by atoms with Gasteiger partial charge in [-0.2, -0.15) is 0 Å². The average molecular weight is 440 g/mol. The van der Waals surface area contributed by atoms with Gasteiger partial charge in [-0.15, -0.1) is 0 Å². The van der Waals surface area contributed by atoms with E-state index < -0.39 is 0 Å². The first-order valence-corrected chi connectivity index (χ1v) is 10.9. The third kappa shape index (κ3) is 5.14. The highest BCUT2D eigenvalue weighted by Gasteiger charge is 2.31. The van der Waals surface area contributed by atoms with Gasteiger partial charge >= 0.3 is 0 Å². The maximum atomic E-state index is 12.7. The zero-order valence-corrected chi connectivity index (χ0v) is 18.3. The predicted octanol–water partition coefficient (Wildman–Crippen LogP) is 6.62. The number of carbonyl (C=O) groups excluding carboxylic acids is 1. The Morgan fingerprint density at radius 2 is 1.71 bits per heavy atom. The van der Waals surface area contributed by atoms with Crippen LogP contribution in [-0.4, -0.2) is 30.4 Å². The minimum absolute atomic E-state index is 0.0137. The van der Waals surface area contributed by atoms with Crippen molar-refractivity contribution in [3.8, 4) is 0 Å². The summed E-state index contributed by atoms with van der Waals surface area (Å²) >= 11 is 18.7. The second-order valence-electron chi connectivity index (χ2n) is 7.15. The standard InChI is InChI=1S/C22H25Cl3N2O/c1-2-3-4-5-22(28)26-12-13-27(20-11-10-18(24)14-19(20)25)21(15-26)16-6-8-17(23)9-7-16/h6-11,14,21H,2-5,12-13,15H2,1H3/t21-/m0/s1. The molecule has 0 N–H and O–H groups in total. The molecule has 1 saturated heterocycles. The largest absolute Gasteiger partial charge is 0.360 e. The summed E-state index contributed by atoms with van der Waals surface area (Å²) in [5.41, 5.74) is 2.05. The topological polar surface area (TPSA) is 23.6 Å². The van der Waals surface area contributed by atoms with Crippen molar-refractivity contribution in [2.24, 2.45) is 0 Å². The van der Waals surface area contributed by atoms with E-state index in [1.54, 1.807) is 6.07 Å². The van der Waals surface area contributed by atoms with Crippen LogP contribution in [0.5, 0.6) is 0 Å². The lowest BCUT2D eigenvalue weighted by molar-refractivity contribution is -0.132. The van der Waals surface area contributed by atoms with E-state index in [0.717, 1.165) is 30.5 Å². The number of amides is 1. The Hall–Kier alpha value is -1.42. The first-order valence-electron chi connectivity index (χ1n) is 9.74. The van der Waals surface area contributed by atoms with Crippen molar-refractivity contribution in [3.05, 3.63) is 63.1 Å². The molecule has 1 atom stereocenters. The van der Waals surface area contributed by atoms with Crippen LogP contribution in [0.15, 0.2) is 42.5 Å². The van der Waals surface area contributed by atoms with Crippen molar-refractivity contribution in [3.63, 3.8) is 0 Å². The quantitative estimate of drug-likeness (QED) is 0.472. The lowest BCUT2D eigenvalue weighted by atomic mass is 10.0. The fourth-order valence-electron chi connectivity index (χ4n) is 3.67. The van der Waals surface area contributed by atoms with Crippen molar-refractivity contribution >= 4 is 46.4 Å². The second kappa shape index (κ2) is 9.87. The van der Waals surface area contributed by atoms with Gasteiger partial charge < -0.3 is 9.80 Å². The third-order valence-corrected chi connectivity index (χ3v) is 5.99. The zero-order chi connectivity index (χ0) is 20.1. The van der Waals surface area contributed by atoms with Gasteiger partial charge in [0.25, 0.3) is 0 Å². The van der Waals surface area contributed by atoms with Gasteiger partial charge in [0.1, 0.15) is 0 Å². The molecule has 0 aliphatic carbocycles. The number of rotatable bonds is 6. The summed E-state index contributed by atoms with van der Waals surface area (Å²) in [5.74, 6) is 0.231. The fraction of sp³-hybridized carbons (Fsp3) is 0.409. The van der Waals surface area contributed by atoms with E-state index in [9.17, 15) is 4.79 Å². The number of piperazine rings is 1. The van der Waals surface area contributed by atoms with Crippen LogP contribution in [0, 0.1) is 0 Å². The van der Waals surface area contributed by atoms with E-state index in [4.69, 9.17) is 34.8 Å². The highest BCUT2D eigenvalue weighted by molar-refractivity contribution is 6.36. The molecule has 1 aliphatic rings. The van der Waals surface area contributed by atoms with Gasteiger partial charge in [-0.25, -0.2) is 0 Å². The first-order chi connectivity index (χ1) is 13.5. The molecule has 1 aliphatic heterocycles. The molecule has 2 aromatic rings. The second-order valence-corrected chi connectivity index (χ2v) is 8.43. The number of hydrogen-bond donors (Lipinski definition) is 0. The van der Waals surface area contributed by atoms with Crippen LogP contribution < -0.4 is 4.90 Å². The van der Waals surface area contributed by atoms with Crippen LogP contribution in [0.4, 0.5) is 5.69 Å². The predicted molar refractivity (Wildman–Crippen MR) is 119 cm³/mol.